The average Bonchev–Trinajstić information content (AvgIpc) is 2.88. The van der Waals surface area contributed by atoms with Crippen LogP contribution in [0.3, 0.4) is 0 Å². The summed E-state index contributed by atoms with van der Waals surface area (Å²) < 4.78 is 5.72. The number of ketones is 1. The first kappa shape index (κ1) is 23.9. The number of carbonyl (C=O) groups is 2. The zero-order chi connectivity index (χ0) is 23.5. The van der Waals surface area contributed by atoms with Crippen LogP contribution in [0.1, 0.15) is 54.9 Å². The summed E-state index contributed by atoms with van der Waals surface area (Å²) in [6.07, 6.45) is 2.86. The van der Waals surface area contributed by atoms with E-state index in [0.29, 0.717) is 17.6 Å². The highest BCUT2D eigenvalue weighted by atomic mass is 16.6. The quantitative estimate of drug-likeness (QED) is 0.360. The molecule has 2 bridgehead atoms. The lowest BCUT2D eigenvalue weighted by molar-refractivity contribution is -0.201. The molecule has 6 nitrogen and oxygen atoms in total. The first-order valence-corrected chi connectivity index (χ1v) is 11.1. The monoisotopic (exact) mass is 432 g/mol. The van der Waals surface area contributed by atoms with E-state index >= 15 is 0 Å². The van der Waals surface area contributed by atoms with Crippen LogP contribution in [0, 0.1) is 28.6 Å². The van der Waals surface area contributed by atoms with Crippen molar-refractivity contribution in [3.8, 4) is 0 Å². The van der Waals surface area contributed by atoms with Crippen molar-refractivity contribution >= 4 is 11.8 Å². The number of hydrogen-bond donors (Lipinski definition) is 3. The fourth-order valence-corrected chi connectivity index (χ4v) is 5.97. The third-order valence-corrected chi connectivity index (χ3v) is 8.49. The number of esters is 1. The molecule has 1 spiro atoms. The topological polar surface area (TPSA) is 104 Å². The van der Waals surface area contributed by atoms with E-state index in [1.54, 1.807) is 39.0 Å². The molecule has 0 heterocycles. The lowest BCUT2D eigenvalue weighted by atomic mass is 9.59. The van der Waals surface area contributed by atoms with Gasteiger partial charge in [0, 0.05) is 11.5 Å². The summed E-state index contributed by atoms with van der Waals surface area (Å²) in [5, 5.41) is 33.7. The summed E-state index contributed by atoms with van der Waals surface area (Å²) >= 11 is 0. The first-order chi connectivity index (χ1) is 14.3. The van der Waals surface area contributed by atoms with Crippen LogP contribution >= 0.6 is 0 Å². The molecule has 3 aliphatic carbocycles. The molecule has 6 heteroatoms. The van der Waals surface area contributed by atoms with Crippen molar-refractivity contribution in [3.05, 3.63) is 34.9 Å². The van der Waals surface area contributed by atoms with Crippen LogP contribution in [0.15, 0.2) is 34.9 Å². The molecule has 31 heavy (non-hydrogen) atoms. The molecule has 3 rings (SSSR count). The van der Waals surface area contributed by atoms with Crippen molar-refractivity contribution in [2.45, 2.75) is 72.7 Å². The lowest BCUT2D eigenvalue weighted by Gasteiger charge is -2.48. The van der Waals surface area contributed by atoms with Crippen LogP contribution in [0.25, 0.3) is 0 Å². The van der Waals surface area contributed by atoms with E-state index in [9.17, 15) is 24.9 Å². The van der Waals surface area contributed by atoms with Crippen molar-refractivity contribution in [1.29, 1.82) is 0 Å². The highest BCUT2D eigenvalue weighted by Gasteiger charge is 2.73. The minimum absolute atomic E-state index is 0.145. The molecule has 1 saturated carbocycles. The highest BCUT2D eigenvalue weighted by Crippen LogP contribution is 2.62. The van der Waals surface area contributed by atoms with Crippen LogP contribution < -0.4 is 0 Å². The third-order valence-electron chi connectivity index (χ3n) is 8.49. The van der Waals surface area contributed by atoms with Gasteiger partial charge >= 0.3 is 5.97 Å². The normalized spacial score (nSPS) is 42.2. The van der Waals surface area contributed by atoms with Gasteiger partial charge < -0.3 is 20.1 Å². The summed E-state index contributed by atoms with van der Waals surface area (Å²) in [6, 6.07) is 0. The van der Waals surface area contributed by atoms with Crippen molar-refractivity contribution in [2.75, 3.05) is 6.61 Å². The van der Waals surface area contributed by atoms with Crippen molar-refractivity contribution < 1.29 is 29.6 Å². The maximum absolute atomic E-state index is 14.2. The lowest BCUT2D eigenvalue weighted by Crippen LogP contribution is -2.65. The van der Waals surface area contributed by atoms with Gasteiger partial charge in [0.1, 0.15) is 6.10 Å². The van der Waals surface area contributed by atoms with E-state index in [0.717, 1.165) is 0 Å². The van der Waals surface area contributed by atoms with E-state index < -0.39 is 47.1 Å². The largest absolute Gasteiger partial charge is 0.451 e. The molecule has 0 radical (unpaired) electrons. The number of allylic oxidation sites excluding steroid dienone is 2. The minimum atomic E-state index is -2.11. The van der Waals surface area contributed by atoms with E-state index in [-0.39, 0.29) is 23.2 Å². The predicted molar refractivity (Wildman–Crippen MR) is 117 cm³/mol. The molecule has 3 aliphatic rings. The Hall–Kier alpha value is -1.76. The standard InChI is InChI=1S/C25H36O6/c1-8-13(2)22(29)31-21-14(3)11-24-16(5)9-15(4)23(6,7)18(20(24)28)10-17(12-26)19(27)25(21,24)30/h8,10-11,15-16,18-19,21,26-27,30H,9,12H2,1-7H3/b13-8-/t15-,16?,18+,19+,21-,24?,25-/m0/s1. The SMILES string of the molecule is C/C=C(/C)C(=O)O[C@H]1C(C)=CC23C(=O)[C@@H](C=C(CO)[C@@H](O)[C@]12O)C(C)(C)[C@@H](C)CC3C. The van der Waals surface area contributed by atoms with Gasteiger partial charge in [-0.15, -0.1) is 0 Å². The summed E-state index contributed by atoms with van der Waals surface area (Å²) in [5.74, 6) is -1.58. The Labute approximate surface area is 184 Å². The van der Waals surface area contributed by atoms with Gasteiger partial charge in [0.05, 0.1) is 12.0 Å². The Morgan fingerprint density at radius 2 is 1.90 bits per heavy atom. The molecule has 3 N–H and O–H groups in total. The van der Waals surface area contributed by atoms with E-state index in [1.165, 1.54) is 0 Å². The maximum Gasteiger partial charge on any atom is 0.334 e. The van der Waals surface area contributed by atoms with Crippen LogP contribution in [0.4, 0.5) is 0 Å². The van der Waals surface area contributed by atoms with Gasteiger partial charge in [-0.1, -0.05) is 45.9 Å². The van der Waals surface area contributed by atoms with Gasteiger partial charge in [-0.2, -0.15) is 0 Å². The van der Waals surface area contributed by atoms with Crippen molar-refractivity contribution in [1.82, 2.24) is 0 Å². The molecule has 0 aromatic carbocycles. The van der Waals surface area contributed by atoms with Gasteiger partial charge in [0.2, 0.25) is 0 Å². The molecule has 0 aromatic heterocycles. The molecule has 7 atom stereocenters. The van der Waals surface area contributed by atoms with E-state index in [4.69, 9.17) is 4.74 Å². The van der Waals surface area contributed by atoms with Crippen molar-refractivity contribution in [3.63, 3.8) is 0 Å². The van der Waals surface area contributed by atoms with Gasteiger partial charge in [0.15, 0.2) is 17.5 Å². The van der Waals surface area contributed by atoms with E-state index in [2.05, 4.69) is 6.92 Å². The van der Waals surface area contributed by atoms with Crippen LogP contribution in [-0.2, 0) is 14.3 Å². The van der Waals surface area contributed by atoms with E-state index in [1.807, 2.05) is 20.8 Å². The van der Waals surface area contributed by atoms with Gasteiger partial charge in [0.25, 0.3) is 0 Å². The molecule has 0 saturated heterocycles. The molecule has 0 amide bonds. The average molecular weight is 433 g/mol. The minimum Gasteiger partial charge on any atom is -0.451 e. The number of Topliss-reactive ketones (excluding diaryl/α,β-unsaturated/α-hetero) is 1. The molecule has 1 fully saturated rings. The number of fused-ring (bicyclic) bond motifs is 1. The van der Waals surface area contributed by atoms with Crippen molar-refractivity contribution in [2.24, 2.45) is 28.6 Å². The van der Waals surface area contributed by atoms with Crippen LogP contribution in [-0.4, -0.2) is 51.5 Å². The third kappa shape index (κ3) is 3.02. The van der Waals surface area contributed by atoms with Gasteiger partial charge in [-0.05, 0) is 55.6 Å². The number of carbonyl (C=O) groups excluding carboxylic acids is 2. The van der Waals surface area contributed by atoms with Crippen LogP contribution in [0.5, 0.6) is 0 Å². The smallest absolute Gasteiger partial charge is 0.334 e. The Morgan fingerprint density at radius 3 is 2.45 bits per heavy atom. The Kier molecular flexibility index (Phi) is 5.92. The second-order valence-corrected chi connectivity index (χ2v) is 10.3. The molecule has 0 aliphatic heterocycles. The summed E-state index contributed by atoms with van der Waals surface area (Å²) in [7, 11) is 0. The maximum atomic E-state index is 14.2. The fourth-order valence-electron chi connectivity index (χ4n) is 5.97. The molecular weight excluding hydrogens is 396 g/mol. The second-order valence-electron chi connectivity index (χ2n) is 10.3. The Balaban J connectivity index is 2.30. The highest BCUT2D eigenvalue weighted by molar-refractivity contribution is 5.95. The molecular formula is C25H36O6. The zero-order valence-corrected chi connectivity index (χ0v) is 19.6. The number of rotatable bonds is 3. The summed E-state index contributed by atoms with van der Waals surface area (Å²) in [4.78, 5) is 26.8. The summed E-state index contributed by atoms with van der Waals surface area (Å²) in [6.45, 7) is 12.6. The number of hydrogen-bond acceptors (Lipinski definition) is 6. The number of ether oxygens (including phenoxy) is 1. The summed E-state index contributed by atoms with van der Waals surface area (Å²) in [5.41, 5.74) is -2.91. The fraction of sp³-hybridized carbons (Fsp3) is 0.680. The van der Waals surface area contributed by atoms with Gasteiger partial charge in [-0.3, -0.25) is 4.79 Å². The van der Waals surface area contributed by atoms with Gasteiger partial charge in [-0.25, -0.2) is 4.79 Å². The zero-order valence-electron chi connectivity index (χ0n) is 19.6. The predicted octanol–water partition coefficient (Wildman–Crippen LogP) is 2.72. The number of aliphatic hydroxyl groups excluding tert-OH is 2. The second kappa shape index (κ2) is 7.68. The molecule has 172 valence electrons. The number of aliphatic hydroxyl groups is 3. The van der Waals surface area contributed by atoms with Crippen LogP contribution in [0.2, 0.25) is 0 Å². The Bertz CT molecular complexity index is 880. The molecule has 2 unspecified atom stereocenters. The first-order valence-electron chi connectivity index (χ1n) is 11.1. The Morgan fingerprint density at radius 1 is 1.29 bits per heavy atom. The molecule has 0 aromatic rings.